The molecule has 1 aromatic carbocycles. The Labute approximate surface area is 83.4 Å². The molecule has 0 aliphatic carbocycles. The molecule has 0 bridgehead atoms. The second-order valence-corrected chi connectivity index (χ2v) is 2.65. The molecule has 0 spiro atoms. The molecule has 0 aliphatic rings. The lowest BCUT2D eigenvalue weighted by Gasteiger charge is -2.19. The van der Waals surface area contributed by atoms with Crippen molar-refractivity contribution in [3.63, 3.8) is 0 Å². The number of para-hydroxylation sites is 1. The lowest BCUT2D eigenvalue weighted by atomic mass is 10.3. The van der Waals surface area contributed by atoms with Gasteiger partial charge in [0.05, 0.1) is 12.8 Å². The molecule has 0 aromatic heterocycles. The minimum absolute atomic E-state index is 0.263. The Morgan fingerprint density at radius 1 is 1.43 bits per heavy atom. The SMILES string of the molecule is CCNC(=O)N(OC)c1ccccc1. The van der Waals surface area contributed by atoms with Gasteiger partial charge in [-0.2, -0.15) is 5.06 Å². The van der Waals surface area contributed by atoms with E-state index in [4.69, 9.17) is 4.84 Å². The molecule has 4 nitrogen and oxygen atoms in total. The van der Waals surface area contributed by atoms with Crippen molar-refractivity contribution in [3.05, 3.63) is 30.3 Å². The first kappa shape index (κ1) is 10.5. The number of hydrogen-bond donors (Lipinski definition) is 1. The second kappa shape index (κ2) is 5.24. The normalized spacial score (nSPS) is 9.57. The van der Waals surface area contributed by atoms with E-state index < -0.39 is 0 Å². The van der Waals surface area contributed by atoms with Crippen LogP contribution < -0.4 is 10.4 Å². The zero-order valence-electron chi connectivity index (χ0n) is 8.36. The van der Waals surface area contributed by atoms with Crippen LogP contribution in [0.15, 0.2) is 30.3 Å². The van der Waals surface area contributed by atoms with Crippen LogP contribution in [0.25, 0.3) is 0 Å². The Morgan fingerprint density at radius 3 is 2.57 bits per heavy atom. The number of rotatable bonds is 3. The Bertz CT molecular complexity index is 287. The van der Waals surface area contributed by atoms with Crippen molar-refractivity contribution in [1.29, 1.82) is 0 Å². The molecular formula is C10H14N2O2. The summed E-state index contributed by atoms with van der Waals surface area (Å²) < 4.78 is 0. The van der Waals surface area contributed by atoms with E-state index in [2.05, 4.69) is 5.32 Å². The first-order valence-corrected chi connectivity index (χ1v) is 4.46. The van der Waals surface area contributed by atoms with Crippen LogP contribution in [-0.2, 0) is 4.84 Å². The molecule has 0 fully saturated rings. The van der Waals surface area contributed by atoms with E-state index in [1.807, 2.05) is 25.1 Å². The zero-order chi connectivity index (χ0) is 10.4. The molecule has 0 saturated heterocycles. The monoisotopic (exact) mass is 194 g/mol. The van der Waals surface area contributed by atoms with Gasteiger partial charge in [-0.05, 0) is 19.1 Å². The maximum Gasteiger partial charge on any atom is 0.346 e. The number of urea groups is 1. The number of amides is 2. The van der Waals surface area contributed by atoms with Gasteiger partial charge >= 0.3 is 6.03 Å². The maximum absolute atomic E-state index is 11.5. The van der Waals surface area contributed by atoms with Crippen LogP contribution >= 0.6 is 0 Å². The highest BCUT2D eigenvalue weighted by molar-refractivity contribution is 5.89. The standard InChI is InChI=1S/C10H14N2O2/c1-3-11-10(13)12(14-2)9-7-5-4-6-8-9/h4-8H,3H2,1-2H3,(H,11,13). The van der Waals surface area contributed by atoms with Gasteiger partial charge in [0.1, 0.15) is 0 Å². The topological polar surface area (TPSA) is 41.6 Å². The predicted octanol–water partition coefficient (Wildman–Crippen LogP) is 1.78. The fraction of sp³-hybridized carbons (Fsp3) is 0.300. The quantitative estimate of drug-likeness (QED) is 0.745. The lowest BCUT2D eigenvalue weighted by molar-refractivity contribution is 0.163. The minimum atomic E-state index is -0.263. The Morgan fingerprint density at radius 2 is 2.07 bits per heavy atom. The third kappa shape index (κ3) is 2.47. The van der Waals surface area contributed by atoms with E-state index in [1.54, 1.807) is 12.1 Å². The van der Waals surface area contributed by atoms with Crippen molar-refractivity contribution in [2.75, 3.05) is 18.7 Å². The minimum Gasteiger partial charge on any atom is -0.336 e. The number of nitrogens with one attached hydrogen (secondary N) is 1. The highest BCUT2D eigenvalue weighted by atomic mass is 16.7. The van der Waals surface area contributed by atoms with Gasteiger partial charge in [0, 0.05) is 6.54 Å². The Hall–Kier alpha value is -1.55. The van der Waals surface area contributed by atoms with Gasteiger partial charge < -0.3 is 5.32 Å². The summed E-state index contributed by atoms with van der Waals surface area (Å²) in [6, 6.07) is 8.93. The third-order valence-electron chi connectivity index (χ3n) is 1.69. The van der Waals surface area contributed by atoms with Crippen LogP contribution in [-0.4, -0.2) is 19.7 Å². The molecule has 1 N–H and O–H groups in total. The molecule has 76 valence electrons. The number of hydroxylamine groups is 1. The average molecular weight is 194 g/mol. The summed E-state index contributed by atoms with van der Waals surface area (Å²) in [5.74, 6) is 0. The molecule has 0 radical (unpaired) electrons. The van der Waals surface area contributed by atoms with Gasteiger partial charge in [-0.15, -0.1) is 0 Å². The van der Waals surface area contributed by atoms with Gasteiger partial charge in [0.25, 0.3) is 0 Å². The number of nitrogens with zero attached hydrogens (tertiary/aromatic N) is 1. The van der Waals surface area contributed by atoms with Crippen LogP contribution in [0.1, 0.15) is 6.92 Å². The molecule has 0 aliphatic heterocycles. The van der Waals surface area contributed by atoms with Crippen LogP contribution in [0.4, 0.5) is 10.5 Å². The van der Waals surface area contributed by atoms with E-state index in [0.717, 1.165) is 0 Å². The van der Waals surface area contributed by atoms with Crippen molar-refractivity contribution in [2.24, 2.45) is 0 Å². The van der Waals surface area contributed by atoms with Crippen LogP contribution in [0.3, 0.4) is 0 Å². The fourth-order valence-electron chi connectivity index (χ4n) is 1.09. The van der Waals surface area contributed by atoms with Gasteiger partial charge in [0.15, 0.2) is 0 Å². The highest BCUT2D eigenvalue weighted by Crippen LogP contribution is 2.12. The first-order chi connectivity index (χ1) is 6.79. The molecule has 2 amide bonds. The van der Waals surface area contributed by atoms with Gasteiger partial charge in [-0.3, -0.25) is 4.84 Å². The van der Waals surface area contributed by atoms with Crippen molar-refractivity contribution in [2.45, 2.75) is 6.92 Å². The number of carbonyl (C=O) groups excluding carboxylic acids is 1. The predicted molar refractivity (Wildman–Crippen MR) is 55.0 cm³/mol. The molecule has 0 heterocycles. The molecule has 4 heteroatoms. The smallest absolute Gasteiger partial charge is 0.336 e. The van der Waals surface area contributed by atoms with Crippen LogP contribution in [0, 0.1) is 0 Å². The molecule has 0 unspecified atom stereocenters. The summed E-state index contributed by atoms with van der Waals surface area (Å²) in [6.07, 6.45) is 0. The molecule has 0 atom stereocenters. The molecule has 1 aromatic rings. The van der Waals surface area contributed by atoms with Crippen LogP contribution in [0.2, 0.25) is 0 Å². The number of hydrogen-bond acceptors (Lipinski definition) is 2. The number of anilines is 1. The summed E-state index contributed by atoms with van der Waals surface area (Å²) in [5.41, 5.74) is 0.709. The van der Waals surface area contributed by atoms with Crippen molar-refractivity contribution < 1.29 is 9.63 Å². The van der Waals surface area contributed by atoms with Gasteiger partial charge in [-0.1, -0.05) is 18.2 Å². The van der Waals surface area contributed by atoms with E-state index in [-0.39, 0.29) is 6.03 Å². The van der Waals surface area contributed by atoms with Crippen molar-refractivity contribution in [3.8, 4) is 0 Å². The van der Waals surface area contributed by atoms with E-state index in [9.17, 15) is 4.79 Å². The first-order valence-electron chi connectivity index (χ1n) is 4.46. The second-order valence-electron chi connectivity index (χ2n) is 2.65. The lowest BCUT2D eigenvalue weighted by Crippen LogP contribution is -2.39. The van der Waals surface area contributed by atoms with Gasteiger partial charge in [-0.25, -0.2) is 4.79 Å². The van der Waals surface area contributed by atoms with Crippen LogP contribution in [0.5, 0.6) is 0 Å². The van der Waals surface area contributed by atoms with E-state index >= 15 is 0 Å². The summed E-state index contributed by atoms with van der Waals surface area (Å²) in [7, 11) is 1.46. The molecule has 0 saturated carbocycles. The summed E-state index contributed by atoms with van der Waals surface area (Å²) in [6.45, 7) is 2.43. The zero-order valence-corrected chi connectivity index (χ0v) is 8.36. The largest absolute Gasteiger partial charge is 0.346 e. The molecule has 14 heavy (non-hydrogen) atoms. The molecule has 1 rings (SSSR count). The van der Waals surface area contributed by atoms with Gasteiger partial charge in [0.2, 0.25) is 0 Å². The Kier molecular flexibility index (Phi) is 3.94. The third-order valence-corrected chi connectivity index (χ3v) is 1.69. The summed E-state index contributed by atoms with van der Waals surface area (Å²) in [5, 5.41) is 3.87. The summed E-state index contributed by atoms with van der Waals surface area (Å²) >= 11 is 0. The fourth-order valence-corrected chi connectivity index (χ4v) is 1.09. The average Bonchev–Trinajstić information content (AvgIpc) is 2.21. The van der Waals surface area contributed by atoms with E-state index in [0.29, 0.717) is 12.2 Å². The van der Waals surface area contributed by atoms with Crippen molar-refractivity contribution in [1.82, 2.24) is 5.32 Å². The number of benzene rings is 1. The maximum atomic E-state index is 11.5. The summed E-state index contributed by atoms with van der Waals surface area (Å²) in [4.78, 5) is 16.4. The van der Waals surface area contributed by atoms with Crippen molar-refractivity contribution >= 4 is 11.7 Å². The number of carbonyl (C=O) groups is 1. The Balaban J connectivity index is 2.77. The highest BCUT2D eigenvalue weighted by Gasteiger charge is 2.13. The van der Waals surface area contributed by atoms with E-state index in [1.165, 1.54) is 12.2 Å². The molecular weight excluding hydrogens is 180 g/mol.